The van der Waals surface area contributed by atoms with Gasteiger partial charge in [-0.1, -0.05) is 18.2 Å². The molecule has 0 saturated heterocycles. The standard InChI is InChI=1S/C14H15NO4/c1-2-18-14(17)8-15-13(16)7-10-9-19-12-6-4-3-5-11(10)12/h3-6,9H,2,7-8H2,1H3,(H,15,16). The Bertz CT molecular complexity index is 588. The number of hydrogen-bond donors (Lipinski definition) is 1. The molecule has 1 N–H and O–H groups in total. The predicted molar refractivity (Wildman–Crippen MR) is 69.6 cm³/mol. The number of furan rings is 1. The third kappa shape index (κ3) is 3.34. The van der Waals surface area contributed by atoms with Gasteiger partial charge >= 0.3 is 5.97 Å². The average Bonchev–Trinajstić information content (AvgIpc) is 2.80. The first-order valence-electron chi connectivity index (χ1n) is 6.08. The highest BCUT2D eigenvalue weighted by molar-refractivity contribution is 5.89. The fourth-order valence-corrected chi connectivity index (χ4v) is 1.79. The number of fused-ring (bicyclic) bond motifs is 1. The molecule has 0 radical (unpaired) electrons. The Morgan fingerprint density at radius 2 is 2.11 bits per heavy atom. The molecule has 0 aliphatic heterocycles. The molecule has 0 atom stereocenters. The van der Waals surface area contributed by atoms with Crippen molar-refractivity contribution in [3.8, 4) is 0 Å². The highest BCUT2D eigenvalue weighted by Crippen LogP contribution is 2.20. The summed E-state index contributed by atoms with van der Waals surface area (Å²) in [6.07, 6.45) is 1.74. The second kappa shape index (κ2) is 6.04. The molecular weight excluding hydrogens is 246 g/mol. The normalized spacial score (nSPS) is 10.4. The van der Waals surface area contributed by atoms with Crippen molar-refractivity contribution >= 4 is 22.8 Å². The maximum absolute atomic E-state index is 11.7. The molecule has 0 fully saturated rings. The number of ether oxygens (including phenoxy) is 1. The number of para-hydroxylation sites is 1. The number of nitrogens with one attached hydrogen (secondary N) is 1. The van der Waals surface area contributed by atoms with Gasteiger partial charge in [-0.25, -0.2) is 0 Å². The Morgan fingerprint density at radius 1 is 1.32 bits per heavy atom. The van der Waals surface area contributed by atoms with Crippen molar-refractivity contribution in [2.24, 2.45) is 0 Å². The van der Waals surface area contributed by atoms with Crippen LogP contribution >= 0.6 is 0 Å². The lowest BCUT2D eigenvalue weighted by Crippen LogP contribution is -2.31. The summed E-state index contributed by atoms with van der Waals surface area (Å²) in [5.41, 5.74) is 1.55. The molecule has 0 bridgehead atoms. The third-order valence-electron chi connectivity index (χ3n) is 2.65. The zero-order valence-electron chi connectivity index (χ0n) is 10.6. The zero-order chi connectivity index (χ0) is 13.7. The van der Waals surface area contributed by atoms with Crippen molar-refractivity contribution in [1.82, 2.24) is 5.32 Å². The van der Waals surface area contributed by atoms with E-state index in [1.165, 1.54) is 0 Å². The summed E-state index contributed by atoms with van der Waals surface area (Å²) in [7, 11) is 0. The van der Waals surface area contributed by atoms with Crippen LogP contribution in [0.4, 0.5) is 0 Å². The molecule has 1 aromatic carbocycles. The smallest absolute Gasteiger partial charge is 0.325 e. The van der Waals surface area contributed by atoms with Gasteiger partial charge in [0, 0.05) is 10.9 Å². The zero-order valence-corrected chi connectivity index (χ0v) is 10.6. The van der Waals surface area contributed by atoms with E-state index in [-0.39, 0.29) is 18.9 Å². The van der Waals surface area contributed by atoms with Crippen molar-refractivity contribution in [2.75, 3.05) is 13.2 Å². The Hall–Kier alpha value is -2.30. The molecule has 100 valence electrons. The average molecular weight is 261 g/mol. The first-order chi connectivity index (χ1) is 9.20. The van der Waals surface area contributed by atoms with Crippen LogP contribution in [0.25, 0.3) is 11.0 Å². The molecule has 0 spiro atoms. The number of carbonyl (C=O) groups is 2. The fraction of sp³-hybridized carbons (Fsp3) is 0.286. The summed E-state index contributed by atoms with van der Waals surface area (Å²) in [5.74, 6) is -0.674. The molecule has 0 aliphatic rings. The van der Waals surface area contributed by atoms with Gasteiger partial charge in [0.15, 0.2) is 0 Å². The maximum atomic E-state index is 11.7. The van der Waals surface area contributed by atoms with Crippen LogP contribution in [0.5, 0.6) is 0 Å². The first kappa shape index (κ1) is 13.1. The van der Waals surface area contributed by atoms with Crippen molar-refractivity contribution < 1.29 is 18.7 Å². The van der Waals surface area contributed by atoms with E-state index in [4.69, 9.17) is 9.15 Å². The topological polar surface area (TPSA) is 68.5 Å². The van der Waals surface area contributed by atoms with Crippen molar-refractivity contribution in [2.45, 2.75) is 13.3 Å². The monoisotopic (exact) mass is 261 g/mol. The maximum Gasteiger partial charge on any atom is 0.325 e. The summed E-state index contributed by atoms with van der Waals surface area (Å²) in [4.78, 5) is 22.8. The van der Waals surface area contributed by atoms with Gasteiger partial charge in [-0.2, -0.15) is 0 Å². The van der Waals surface area contributed by atoms with E-state index in [1.54, 1.807) is 13.2 Å². The largest absolute Gasteiger partial charge is 0.465 e. The molecule has 0 saturated carbocycles. The van der Waals surface area contributed by atoms with Crippen LogP contribution in [0.15, 0.2) is 34.9 Å². The van der Waals surface area contributed by atoms with Gasteiger partial charge in [0.2, 0.25) is 5.91 Å². The lowest BCUT2D eigenvalue weighted by Gasteiger charge is -2.04. The summed E-state index contributed by atoms with van der Waals surface area (Å²) >= 11 is 0. The van der Waals surface area contributed by atoms with E-state index in [0.29, 0.717) is 6.61 Å². The van der Waals surface area contributed by atoms with Crippen LogP contribution in [-0.2, 0) is 20.7 Å². The van der Waals surface area contributed by atoms with E-state index in [9.17, 15) is 9.59 Å². The molecule has 0 aliphatic carbocycles. The van der Waals surface area contributed by atoms with E-state index in [2.05, 4.69) is 5.32 Å². The Labute approximate surface area is 110 Å². The molecule has 1 aromatic heterocycles. The summed E-state index contributed by atoms with van der Waals surface area (Å²) in [6.45, 7) is 1.92. The SMILES string of the molecule is CCOC(=O)CNC(=O)Cc1coc2ccccc12. The predicted octanol–water partition coefficient (Wildman–Crippen LogP) is 1.65. The molecule has 1 heterocycles. The number of amides is 1. The van der Waals surface area contributed by atoms with E-state index in [1.807, 2.05) is 24.3 Å². The molecular formula is C14H15NO4. The summed E-state index contributed by atoms with van der Waals surface area (Å²) < 4.78 is 10.1. The van der Waals surface area contributed by atoms with Crippen LogP contribution < -0.4 is 5.32 Å². The quantitative estimate of drug-likeness (QED) is 0.831. The van der Waals surface area contributed by atoms with Crippen LogP contribution in [-0.4, -0.2) is 25.0 Å². The van der Waals surface area contributed by atoms with Gasteiger partial charge in [0.25, 0.3) is 0 Å². The van der Waals surface area contributed by atoms with Gasteiger partial charge in [-0.05, 0) is 13.0 Å². The van der Waals surface area contributed by atoms with Gasteiger partial charge in [-0.3, -0.25) is 9.59 Å². The summed E-state index contributed by atoms with van der Waals surface area (Å²) in [5, 5.41) is 3.43. The van der Waals surface area contributed by atoms with E-state index < -0.39 is 5.97 Å². The Balaban J connectivity index is 1.94. The highest BCUT2D eigenvalue weighted by Gasteiger charge is 2.11. The third-order valence-corrected chi connectivity index (χ3v) is 2.65. The molecule has 0 unspecified atom stereocenters. The highest BCUT2D eigenvalue weighted by atomic mass is 16.5. The molecule has 2 aromatic rings. The number of benzene rings is 1. The minimum absolute atomic E-state index is 0.109. The number of carbonyl (C=O) groups excluding carboxylic acids is 2. The fourth-order valence-electron chi connectivity index (χ4n) is 1.79. The molecule has 2 rings (SSSR count). The van der Waals surface area contributed by atoms with Crippen molar-refractivity contribution in [3.05, 3.63) is 36.1 Å². The minimum atomic E-state index is -0.437. The van der Waals surface area contributed by atoms with E-state index in [0.717, 1.165) is 16.5 Å². The number of rotatable bonds is 5. The van der Waals surface area contributed by atoms with Crippen LogP contribution in [0, 0.1) is 0 Å². The minimum Gasteiger partial charge on any atom is -0.465 e. The second-order valence-electron chi connectivity index (χ2n) is 4.02. The van der Waals surface area contributed by atoms with Gasteiger partial charge < -0.3 is 14.5 Å². The van der Waals surface area contributed by atoms with Crippen LogP contribution in [0.2, 0.25) is 0 Å². The number of esters is 1. The van der Waals surface area contributed by atoms with Crippen molar-refractivity contribution in [1.29, 1.82) is 0 Å². The Kier molecular flexibility index (Phi) is 4.18. The summed E-state index contributed by atoms with van der Waals surface area (Å²) in [6, 6.07) is 7.50. The lowest BCUT2D eigenvalue weighted by molar-refractivity contribution is -0.143. The molecule has 5 heteroatoms. The van der Waals surface area contributed by atoms with Gasteiger partial charge in [0.05, 0.1) is 19.3 Å². The van der Waals surface area contributed by atoms with Gasteiger partial charge in [-0.15, -0.1) is 0 Å². The van der Waals surface area contributed by atoms with Gasteiger partial charge in [0.1, 0.15) is 12.1 Å². The van der Waals surface area contributed by atoms with Crippen molar-refractivity contribution in [3.63, 3.8) is 0 Å². The molecule has 5 nitrogen and oxygen atoms in total. The van der Waals surface area contributed by atoms with Crippen LogP contribution in [0.3, 0.4) is 0 Å². The molecule has 19 heavy (non-hydrogen) atoms. The number of hydrogen-bond acceptors (Lipinski definition) is 4. The first-order valence-corrected chi connectivity index (χ1v) is 6.08. The molecule has 1 amide bonds. The lowest BCUT2D eigenvalue weighted by atomic mass is 10.1. The Morgan fingerprint density at radius 3 is 2.89 bits per heavy atom. The van der Waals surface area contributed by atoms with E-state index >= 15 is 0 Å². The second-order valence-corrected chi connectivity index (χ2v) is 4.02. The van der Waals surface area contributed by atoms with Crippen LogP contribution in [0.1, 0.15) is 12.5 Å².